The number of rotatable bonds is 7. The van der Waals surface area contributed by atoms with Gasteiger partial charge >= 0.3 is 91.4 Å². The topological polar surface area (TPSA) is 148 Å². The summed E-state index contributed by atoms with van der Waals surface area (Å²) in [6, 6.07) is 0. The molecule has 0 aliphatic rings. The van der Waals surface area contributed by atoms with Crippen molar-refractivity contribution in [3.8, 4) is 0 Å². The molecule has 0 saturated heterocycles. The summed E-state index contributed by atoms with van der Waals surface area (Å²) in [6.45, 7) is 0.377. The van der Waals surface area contributed by atoms with Crippen LogP contribution < -0.4 is 0 Å². The van der Waals surface area contributed by atoms with Gasteiger partial charge in [0.05, 0.1) is 0 Å². The van der Waals surface area contributed by atoms with Crippen molar-refractivity contribution < 1.29 is 39.5 Å². The van der Waals surface area contributed by atoms with E-state index in [1.807, 2.05) is 0 Å². The first-order chi connectivity index (χ1) is 7.19. The van der Waals surface area contributed by atoms with Crippen molar-refractivity contribution in [2.24, 2.45) is 0 Å². The summed E-state index contributed by atoms with van der Waals surface area (Å²) in [6.07, 6.45) is -7.21. The van der Waals surface area contributed by atoms with E-state index < -0.39 is 39.0 Å². The van der Waals surface area contributed by atoms with Crippen LogP contribution in [0.15, 0.2) is 0 Å². The molecule has 0 rings (SSSR count). The van der Waals surface area contributed by atoms with Crippen LogP contribution in [-0.2, 0) is 9.32 Å². The second-order valence-corrected chi connectivity index (χ2v) is 5.58. The molecule has 0 bridgehead atoms. The molecule has 0 fully saturated rings. The van der Waals surface area contributed by atoms with E-state index in [9.17, 15) is 15.0 Å². The van der Waals surface area contributed by atoms with Crippen LogP contribution in [0.2, 0.25) is 0 Å². The minimum absolute atomic E-state index is 0.00157. The zero-order valence-electron chi connectivity index (χ0n) is 8.59. The van der Waals surface area contributed by atoms with Gasteiger partial charge in [0.15, 0.2) is 0 Å². The van der Waals surface area contributed by atoms with Crippen LogP contribution in [0.4, 0.5) is 0 Å². The Labute approximate surface area is 92.3 Å². The first-order valence-electron chi connectivity index (χ1n) is 4.45. The van der Waals surface area contributed by atoms with Gasteiger partial charge < -0.3 is 0 Å². The Morgan fingerprint density at radius 3 is 2.06 bits per heavy atom. The average molecular weight is 260 g/mol. The molecular weight excluding hydrogens is 243 g/mol. The summed E-state index contributed by atoms with van der Waals surface area (Å²) in [5.74, 6) is 0. The fourth-order valence-corrected chi connectivity index (χ4v) is 1.34. The molecule has 0 unspecified atom stereocenters. The van der Waals surface area contributed by atoms with Gasteiger partial charge in [0, 0.05) is 0 Å². The SMILES string of the molecule is C[PH](O)(O)OC[C@@H](O)[C@@H](O)[C@H](O)[C@@H](O)C=O. The van der Waals surface area contributed by atoms with Gasteiger partial charge in [0.1, 0.15) is 0 Å². The molecule has 0 aromatic carbocycles. The fourth-order valence-electron chi connectivity index (χ4n) is 0.852. The van der Waals surface area contributed by atoms with E-state index in [-0.39, 0.29) is 6.29 Å². The van der Waals surface area contributed by atoms with E-state index in [0.29, 0.717) is 0 Å². The van der Waals surface area contributed by atoms with Gasteiger partial charge in [-0.1, -0.05) is 0 Å². The molecule has 0 radical (unpaired) electrons. The molecular formula is C7H17O8P. The van der Waals surface area contributed by atoms with E-state index in [1.54, 1.807) is 0 Å². The number of hydrogen-bond donors (Lipinski definition) is 6. The summed E-state index contributed by atoms with van der Waals surface area (Å²) in [5.41, 5.74) is 0. The fraction of sp³-hybridized carbons (Fsp3) is 0.857. The third-order valence-electron chi connectivity index (χ3n) is 1.76. The summed E-state index contributed by atoms with van der Waals surface area (Å²) in [4.78, 5) is 27.8. The minimum atomic E-state index is -3.82. The summed E-state index contributed by atoms with van der Waals surface area (Å²) < 4.78 is 4.43. The molecule has 6 N–H and O–H groups in total. The Morgan fingerprint density at radius 2 is 1.69 bits per heavy atom. The van der Waals surface area contributed by atoms with Crippen LogP contribution in [0.5, 0.6) is 0 Å². The average Bonchev–Trinajstić information content (AvgIpc) is 2.21. The summed E-state index contributed by atoms with van der Waals surface area (Å²) in [7, 11) is -3.82. The van der Waals surface area contributed by atoms with Crippen LogP contribution in [0, 0.1) is 0 Å². The number of carbonyl (C=O) groups is 1. The molecule has 0 aromatic heterocycles. The van der Waals surface area contributed by atoms with E-state index in [0.717, 1.165) is 6.66 Å². The molecule has 8 nitrogen and oxygen atoms in total. The molecule has 98 valence electrons. The number of aldehydes is 1. The Morgan fingerprint density at radius 1 is 1.19 bits per heavy atom. The molecule has 16 heavy (non-hydrogen) atoms. The maximum absolute atomic E-state index is 10.1. The second kappa shape index (κ2) is 6.53. The van der Waals surface area contributed by atoms with Crippen molar-refractivity contribution in [3.05, 3.63) is 0 Å². The second-order valence-electron chi connectivity index (χ2n) is 3.42. The van der Waals surface area contributed by atoms with Gasteiger partial charge in [-0.3, -0.25) is 0 Å². The van der Waals surface area contributed by atoms with Crippen LogP contribution >= 0.6 is 7.94 Å². The van der Waals surface area contributed by atoms with Crippen molar-refractivity contribution >= 4 is 14.2 Å². The van der Waals surface area contributed by atoms with Gasteiger partial charge in [0.25, 0.3) is 0 Å². The van der Waals surface area contributed by atoms with Crippen molar-refractivity contribution in [3.63, 3.8) is 0 Å². The first-order valence-corrected chi connectivity index (χ1v) is 6.75. The van der Waals surface area contributed by atoms with Crippen molar-refractivity contribution in [2.45, 2.75) is 24.4 Å². The Hall–Kier alpha value is -0.180. The Kier molecular flexibility index (Phi) is 6.46. The Bertz CT molecular complexity index is 217. The van der Waals surface area contributed by atoms with Crippen molar-refractivity contribution in [1.29, 1.82) is 0 Å². The monoisotopic (exact) mass is 260 g/mol. The van der Waals surface area contributed by atoms with Gasteiger partial charge in [-0.15, -0.1) is 0 Å². The first kappa shape index (κ1) is 15.8. The van der Waals surface area contributed by atoms with Crippen molar-refractivity contribution in [2.75, 3.05) is 13.3 Å². The molecule has 0 spiro atoms. The maximum atomic E-state index is 10.1. The van der Waals surface area contributed by atoms with Gasteiger partial charge in [-0.05, 0) is 0 Å². The zero-order valence-corrected chi connectivity index (χ0v) is 9.59. The third kappa shape index (κ3) is 5.78. The van der Waals surface area contributed by atoms with Crippen molar-refractivity contribution in [1.82, 2.24) is 0 Å². The van der Waals surface area contributed by atoms with Gasteiger partial charge in [-0.2, -0.15) is 0 Å². The number of hydrogen-bond acceptors (Lipinski definition) is 8. The molecule has 0 saturated carbocycles. The molecule has 0 aromatic rings. The van der Waals surface area contributed by atoms with Crippen LogP contribution in [-0.4, -0.2) is 74.2 Å². The molecule has 0 aliphatic carbocycles. The van der Waals surface area contributed by atoms with E-state index in [2.05, 4.69) is 4.52 Å². The Balaban J connectivity index is 4.17. The van der Waals surface area contributed by atoms with E-state index >= 15 is 0 Å². The van der Waals surface area contributed by atoms with E-state index in [4.69, 9.17) is 20.0 Å². The third-order valence-corrected chi connectivity index (χ3v) is 2.47. The summed E-state index contributed by atoms with van der Waals surface area (Å²) in [5, 5.41) is 36.5. The van der Waals surface area contributed by atoms with Crippen LogP contribution in [0.25, 0.3) is 0 Å². The normalized spacial score (nSPS) is 20.9. The predicted molar refractivity (Wildman–Crippen MR) is 54.7 cm³/mol. The molecule has 4 atom stereocenters. The van der Waals surface area contributed by atoms with Gasteiger partial charge in [0.2, 0.25) is 0 Å². The molecule has 0 amide bonds. The number of aliphatic hydroxyl groups excluding tert-OH is 4. The van der Waals surface area contributed by atoms with Crippen LogP contribution in [0.3, 0.4) is 0 Å². The van der Waals surface area contributed by atoms with E-state index in [1.165, 1.54) is 0 Å². The quantitative estimate of drug-likeness (QED) is 0.206. The molecule has 0 aliphatic heterocycles. The number of carbonyl (C=O) groups excluding carboxylic acids is 1. The van der Waals surface area contributed by atoms with Crippen LogP contribution in [0.1, 0.15) is 0 Å². The van der Waals surface area contributed by atoms with Gasteiger partial charge in [-0.25, -0.2) is 0 Å². The molecule has 0 heterocycles. The zero-order chi connectivity index (χ0) is 12.9. The number of aliphatic hydroxyl groups is 4. The predicted octanol–water partition coefficient (Wildman–Crippen LogP) is -3.25. The molecule has 9 heteroatoms. The summed E-state index contributed by atoms with van der Waals surface area (Å²) >= 11 is 0. The standard InChI is InChI=1S/C7H17O8P/c1-16(13,14)15-3-5(10)7(12)6(11)4(9)2-8/h2,4-7,9-14,16H,3H2,1H3/t4-,5+,6+,7+/m0/s1.